The lowest BCUT2D eigenvalue weighted by Gasteiger charge is -2.16. The molecule has 2 N–H and O–H groups in total. The third-order valence-corrected chi connectivity index (χ3v) is 3.31. The Balaban J connectivity index is 2.28. The first kappa shape index (κ1) is 15.6. The van der Waals surface area contributed by atoms with E-state index in [4.69, 9.17) is 10.5 Å². The van der Waals surface area contributed by atoms with E-state index < -0.39 is 12.2 Å². The molecular formula is C16H18F3NO. The number of halogens is 3. The topological polar surface area (TPSA) is 35.2 Å². The van der Waals surface area contributed by atoms with E-state index in [0.29, 0.717) is 17.7 Å². The highest BCUT2D eigenvalue weighted by Gasteiger charge is 2.37. The molecule has 0 amide bonds. The maximum absolute atomic E-state index is 12.7. The van der Waals surface area contributed by atoms with E-state index in [2.05, 4.69) is 6.92 Å². The van der Waals surface area contributed by atoms with E-state index in [-0.39, 0.29) is 5.56 Å². The Morgan fingerprint density at radius 2 is 1.81 bits per heavy atom. The molecule has 0 bridgehead atoms. The van der Waals surface area contributed by atoms with Crippen LogP contribution >= 0.6 is 0 Å². The Morgan fingerprint density at radius 1 is 1.10 bits per heavy atom. The Labute approximate surface area is 121 Å². The fourth-order valence-electron chi connectivity index (χ4n) is 2.05. The van der Waals surface area contributed by atoms with Crippen LogP contribution in [-0.4, -0.2) is 12.8 Å². The Hall–Kier alpha value is -1.75. The maximum Gasteiger partial charge on any atom is 0.407 e. The molecule has 0 aliphatic rings. The van der Waals surface area contributed by atoms with E-state index in [1.54, 1.807) is 12.1 Å². The third-order valence-electron chi connectivity index (χ3n) is 3.31. The fourth-order valence-corrected chi connectivity index (χ4v) is 2.05. The van der Waals surface area contributed by atoms with Crippen molar-refractivity contribution in [3.8, 4) is 5.75 Å². The highest BCUT2D eigenvalue weighted by atomic mass is 19.4. The molecule has 0 aliphatic carbocycles. The number of nitrogens with two attached hydrogens (primary N) is 1. The van der Waals surface area contributed by atoms with Gasteiger partial charge in [-0.1, -0.05) is 31.5 Å². The van der Waals surface area contributed by atoms with Gasteiger partial charge in [0.1, 0.15) is 11.8 Å². The average Bonchev–Trinajstić information content (AvgIpc) is 2.45. The van der Waals surface area contributed by atoms with Crippen LogP contribution in [0.1, 0.15) is 31.4 Å². The monoisotopic (exact) mass is 297 g/mol. The Morgan fingerprint density at radius 3 is 2.48 bits per heavy atom. The van der Waals surface area contributed by atoms with Gasteiger partial charge in [0.05, 0.1) is 6.61 Å². The summed E-state index contributed by atoms with van der Waals surface area (Å²) in [4.78, 5) is 0. The van der Waals surface area contributed by atoms with Gasteiger partial charge in [-0.3, -0.25) is 0 Å². The summed E-state index contributed by atoms with van der Waals surface area (Å²) in [6, 6.07) is 7.97. The van der Waals surface area contributed by atoms with Crippen LogP contribution in [0.5, 0.6) is 5.75 Å². The van der Waals surface area contributed by atoms with Crippen LogP contribution in [0.25, 0.3) is 10.8 Å². The summed E-state index contributed by atoms with van der Waals surface area (Å²) in [5.74, 6) is 0.661. The van der Waals surface area contributed by atoms with Crippen LogP contribution < -0.4 is 10.5 Å². The molecule has 1 atom stereocenters. The van der Waals surface area contributed by atoms with Crippen molar-refractivity contribution in [3.05, 3.63) is 42.0 Å². The van der Waals surface area contributed by atoms with Crippen molar-refractivity contribution in [1.82, 2.24) is 0 Å². The van der Waals surface area contributed by atoms with Crippen molar-refractivity contribution in [3.63, 3.8) is 0 Å². The summed E-state index contributed by atoms with van der Waals surface area (Å²) in [6.07, 6.45) is -2.47. The summed E-state index contributed by atoms with van der Waals surface area (Å²) in [7, 11) is 0. The van der Waals surface area contributed by atoms with Crippen LogP contribution in [0.15, 0.2) is 36.4 Å². The molecule has 114 valence electrons. The molecule has 0 unspecified atom stereocenters. The SMILES string of the molecule is CCCCOc1ccc2ccc([C@H](N)C(F)(F)F)cc2c1. The van der Waals surface area contributed by atoms with Gasteiger partial charge in [0.25, 0.3) is 0 Å². The molecule has 0 heterocycles. The molecule has 0 spiro atoms. The summed E-state index contributed by atoms with van der Waals surface area (Å²) in [6.45, 7) is 2.66. The van der Waals surface area contributed by atoms with E-state index in [0.717, 1.165) is 18.2 Å². The molecule has 0 aromatic heterocycles. The van der Waals surface area contributed by atoms with E-state index in [1.807, 2.05) is 12.1 Å². The van der Waals surface area contributed by atoms with Crippen molar-refractivity contribution in [2.75, 3.05) is 6.61 Å². The quantitative estimate of drug-likeness (QED) is 0.820. The molecule has 0 saturated carbocycles. The van der Waals surface area contributed by atoms with Crippen molar-refractivity contribution in [1.29, 1.82) is 0 Å². The highest BCUT2D eigenvalue weighted by molar-refractivity contribution is 5.84. The number of fused-ring (bicyclic) bond motifs is 1. The Bertz CT molecular complexity index is 610. The number of benzene rings is 2. The first-order chi connectivity index (χ1) is 9.91. The molecule has 0 fully saturated rings. The van der Waals surface area contributed by atoms with Gasteiger partial charge in [0.15, 0.2) is 0 Å². The molecule has 0 aliphatic heterocycles. The second-order valence-electron chi connectivity index (χ2n) is 4.99. The number of hydrogen-bond acceptors (Lipinski definition) is 2. The lowest BCUT2D eigenvalue weighted by Crippen LogP contribution is -2.28. The minimum Gasteiger partial charge on any atom is -0.494 e. The predicted octanol–water partition coefficient (Wildman–Crippen LogP) is 4.58. The van der Waals surface area contributed by atoms with Crippen LogP contribution in [0.3, 0.4) is 0 Å². The maximum atomic E-state index is 12.7. The van der Waals surface area contributed by atoms with E-state index >= 15 is 0 Å². The summed E-state index contributed by atoms with van der Waals surface area (Å²) in [5.41, 5.74) is 5.30. The second kappa shape index (κ2) is 6.35. The van der Waals surface area contributed by atoms with Crippen LogP contribution in [0, 0.1) is 0 Å². The molecular weight excluding hydrogens is 279 g/mol. The standard InChI is InChI=1S/C16H18F3NO/c1-2-3-8-21-14-7-6-11-4-5-12(9-13(11)10-14)15(20)16(17,18)19/h4-7,9-10,15H,2-3,8,20H2,1H3/t15-/m0/s1. The summed E-state index contributed by atoms with van der Waals surface area (Å²) in [5, 5.41) is 1.55. The lowest BCUT2D eigenvalue weighted by atomic mass is 10.0. The summed E-state index contributed by atoms with van der Waals surface area (Å²) < 4.78 is 43.6. The highest BCUT2D eigenvalue weighted by Crippen LogP contribution is 2.32. The molecule has 2 nitrogen and oxygen atoms in total. The zero-order chi connectivity index (χ0) is 15.5. The second-order valence-corrected chi connectivity index (χ2v) is 4.99. The number of hydrogen-bond donors (Lipinski definition) is 1. The minimum absolute atomic E-state index is 0.0562. The van der Waals surface area contributed by atoms with Crippen LogP contribution in [-0.2, 0) is 0 Å². The largest absolute Gasteiger partial charge is 0.494 e. The molecule has 2 aromatic rings. The number of ether oxygens (including phenoxy) is 1. The zero-order valence-electron chi connectivity index (χ0n) is 11.8. The normalized spacial score (nSPS) is 13.4. The van der Waals surface area contributed by atoms with Gasteiger partial charge in [0.2, 0.25) is 0 Å². The lowest BCUT2D eigenvalue weighted by molar-refractivity contribution is -0.149. The van der Waals surface area contributed by atoms with Crippen molar-refractivity contribution < 1.29 is 17.9 Å². The third kappa shape index (κ3) is 3.88. The van der Waals surface area contributed by atoms with Gasteiger partial charge in [0, 0.05) is 0 Å². The number of unbranched alkanes of at least 4 members (excludes halogenated alkanes) is 1. The zero-order valence-corrected chi connectivity index (χ0v) is 11.8. The van der Waals surface area contributed by atoms with Crippen LogP contribution in [0.2, 0.25) is 0 Å². The molecule has 2 aromatic carbocycles. The average molecular weight is 297 g/mol. The van der Waals surface area contributed by atoms with E-state index in [1.165, 1.54) is 12.1 Å². The molecule has 21 heavy (non-hydrogen) atoms. The van der Waals surface area contributed by atoms with Crippen molar-refractivity contribution in [2.45, 2.75) is 32.0 Å². The van der Waals surface area contributed by atoms with Crippen molar-refractivity contribution >= 4 is 10.8 Å². The van der Waals surface area contributed by atoms with Gasteiger partial charge in [-0.2, -0.15) is 13.2 Å². The van der Waals surface area contributed by atoms with E-state index in [9.17, 15) is 13.2 Å². The first-order valence-electron chi connectivity index (χ1n) is 6.90. The van der Waals surface area contributed by atoms with Gasteiger partial charge in [-0.05, 0) is 41.0 Å². The van der Waals surface area contributed by atoms with Crippen LogP contribution in [0.4, 0.5) is 13.2 Å². The predicted molar refractivity (Wildman–Crippen MR) is 77.3 cm³/mol. The van der Waals surface area contributed by atoms with Gasteiger partial charge >= 0.3 is 6.18 Å². The fraction of sp³-hybridized carbons (Fsp3) is 0.375. The molecule has 5 heteroatoms. The number of rotatable bonds is 5. The molecule has 2 rings (SSSR count). The van der Waals surface area contributed by atoms with Gasteiger partial charge in [-0.25, -0.2) is 0 Å². The molecule has 0 radical (unpaired) electrons. The van der Waals surface area contributed by atoms with Crippen molar-refractivity contribution in [2.24, 2.45) is 5.73 Å². The smallest absolute Gasteiger partial charge is 0.407 e. The minimum atomic E-state index is -4.44. The molecule has 0 saturated heterocycles. The number of alkyl halides is 3. The van der Waals surface area contributed by atoms with Gasteiger partial charge in [-0.15, -0.1) is 0 Å². The first-order valence-corrected chi connectivity index (χ1v) is 6.90. The van der Waals surface area contributed by atoms with Gasteiger partial charge < -0.3 is 10.5 Å². The summed E-state index contributed by atoms with van der Waals surface area (Å²) >= 11 is 0. The Kier molecular flexibility index (Phi) is 4.73.